The lowest BCUT2D eigenvalue weighted by atomic mass is 9.98. The number of aromatic carboxylic acids is 4. The van der Waals surface area contributed by atoms with Crippen molar-refractivity contribution in [1.29, 1.82) is 0 Å². The van der Waals surface area contributed by atoms with Crippen LogP contribution in [0.5, 0.6) is 0 Å². The molecule has 0 spiro atoms. The Balaban J connectivity index is 0.000000173. The van der Waals surface area contributed by atoms with Gasteiger partial charge in [0.1, 0.15) is 11.7 Å². The summed E-state index contributed by atoms with van der Waals surface area (Å²) in [6.07, 6.45) is 0. The third-order valence-corrected chi connectivity index (χ3v) is 5.52. The molecule has 0 bridgehead atoms. The first-order chi connectivity index (χ1) is 19.2. The number of benzene rings is 3. The van der Waals surface area contributed by atoms with Crippen molar-refractivity contribution >= 4 is 35.5 Å². The van der Waals surface area contributed by atoms with Gasteiger partial charge in [0.25, 0.3) is 0 Å². The second-order valence-corrected chi connectivity index (χ2v) is 8.21. The Bertz CT molecular complexity index is 1300. The van der Waals surface area contributed by atoms with Crippen molar-refractivity contribution in [3.8, 4) is 0 Å². The van der Waals surface area contributed by atoms with Gasteiger partial charge in [0.15, 0.2) is 0 Å². The van der Waals surface area contributed by atoms with E-state index in [4.69, 9.17) is 20.4 Å². The highest BCUT2D eigenvalue weighted by Gasteiger charge is 2.25. The first-order valence-electron chi connectivity index (χ1n) is 12.0. The van der Waals surface area contributed by atoms with Gasteiger partial charge in [0.2, 0.25) is 0 Å². The number of rotatable bonds is 6. The van der Waals surface area contributed by atoms with Crippen molar-refractivity contribution in [3.05, 3.63) is 106 Å². The number of carbonyl (C=O) groups is 4. The maximum Gasteiger partial charge on any atom is 0.336 e. The molecule has 0 saturated carbocycles. The van der Waals surface area contributed by atoms with Crippen LogP contribution in [-0.2, 0) is 0 Å². The lowest BCUT2D eigenvalue weighted by molar-refractivity contribution is 0.0637. The van der Waals surface area contributed by atoms with Crippen LogP contribution < -0.4 is 10.6 Å². The summed E-state index contributed by atoms with van der Waals surface area (Å²) in [6.45, 7) is 3.77. The molecule has 5 rings (SSSR count). The summed E-state index contributed by atoms with van der Waals surface area (Å²) in [7, 11) is 0. The fourth-order valence-corrected chi connectivity index (χ4v) is 3.68. The molecule has 12 nitrogen and oxygen atoms in total. The van der Waals surface area contributed by atoms with Crippen molar-refractivity contribution < 1.29 is 39.6 Å². The summed E-state index contributed by atoms with van der Waals surface area (Å²) in [5.74, 6) is -4.58. The predicted molar refractivity (Wildman–Crippen MR) is 146 cm³/mol. The van der Waals surface area contributed by atoms with Crippen LogP contribution in [0, 0.1) is 0 Å². The Hall–Kier alpha value is -5.52. The number of nitrogens with one attached hydrogen (secondary N) is 2. The van der Waals surface area contributed by atoms with E-state index in [-0.39, 0.29) is 0 Å². The van der Waals surface area contributed by atoms with Gasteiger partial charge < -0.3 is 31.1 Å². The average Bonchev–Trinajstić information content (AvgIpc) is 3.69. The highest BCUT2D eigenvalue weighted by molar-refractivity contribution is 6.09. The quantitative estimate of drug-likeness (QED) is 0.267. The summed E-state index contributed by atoms with van der Waals surface area (Å²) in [4.78, 5) is 51.7. The minimum absolute atomic E-state index is 0.511. The standard InChI is InChI=1S/C10H6O8.2C9H10N2/c11-7(12)3-1-4(8(13)14)6(10(17)18)2-5(3)9(15)16;2*1-2-4-8(5-3-1)9-10-6-7-11-9/h1-2H,(H,11,12)(H,13,14)(H,15,16)(H,17,18);2*1-5H,6-7H2,(H,10,11). The molecule has 0 aromatic heterocycles. The van der Waals surface area contributed by atoms with Gasteiger partial charge in [-0.05, 0) is 12.1 Å². The van der Waals surface area contributed by atoms with Gasteiger partial charge in [0, 0.05) is 24.2 Å². The molecule has 0 radical (unpaired) electrons. The van der Waals surface area contributed by atoms with Crippen LogP contribution in [0.4, 0.5) is 0 Å². The minimum atomic E-state index is -1.66. The van der Waals surface area contributed by atoms with E-state index >= 15 is 0 Å². The first kappa shape index (κ1) is 29.0. The van der Waals surface area contributed by atoms with Gasteiger partial charge in [-0.3, -0.25) is 9.98 Å². The van der Waals surface area contributed by atoms with Gasteiger partial charge >= 0.3 is 23.9 Å². The van der Waals surface area contributed by atoms with Crippen LogP contribution in [0.3, 0.4) is 0 Å². The normalized spacial score (nSPS) is 13.1. The minimum Gasteiger partial charge on any atom is -0.478 e. The first-order valence-corrected chi connectivity index (χ1v) is 12.0. The molecule has 2 heterocycles. The number of aliphatic imine (C=N–C) groups is 2. The number of hydrogen-bond acceptors (Lipinski definition) is 8. The monoisotopic (exact) mass is 546 g/mol. The maximum absolute atomic E-state index is 10.8. The molecule has 2 aliphatic heterocycles. The molecule has 6 N–H and O–H groups in total. The van der Waals surface area contributed by atoms with Crippen molar-refractivity contribution in [3.63, 3.8) is 0 Å². The maximum atomic E-state index is 10.8. The van der Waals surface area contributed by atoms with E-state index in [9.17, 15) is 19.2 Å². The summed E-state index contributed by atoms with van der Waals surface area (Å²) in [5, 5.41) is 41.4. The molecule has 0 fully saturated rings. The second kappa shape index (κ2) is 13.9. The highest BCUT2D eigenvalue weighted by atomic mass is 16.4. The SMILES string of the molecule is O=C(O)c1cc(C(=O)O)c(C(=O)O)cc1C(=O)O.c1ccc(C2=NCCN2)cc1.c1ccc(C2=NCCN2)cc1. The Kier molecular flexibility index (Phi) is 10.1. The molecule has 0 aliphatic carbocycles. The molecular formula is C28H26N4O8. The van der Waals surface area contributed by atoms with Crippen LogP contribution in [0.15, 0.2) is 82.8 Å². The number of carboxylic acids is 4. The Morgan fingerprint density at radius 2 is 0.825 bits per heavy atom. The van der Waals surface area contributed by atoms with Gasteiger partial charge in [-0.1, -0.05) is 60.7 Å². The fourth-order valence-electron chi connectivity index (χ4n) is 3.68. The van der Waals surface area contributed by atoms with Crippen LogP contribution in [0.1, 0.15) is 52.6 Å². The number of nitrogens with zero attached hydrogens (tertiary/aromatic N) is 2. The van der Waals surface area contributed by atoms with Crippen molar-refractivity contribution in [1.82, 2.24) is 10.6 Å². The molecule has 40 heavy (non-hydrogen) atoms. The van der Waals surface area contributed by atoms with Gasteiger partial charge in [0.05, 0.1) is 35.3 Å². The molecular weight excluding hydrogens is 520 g/mol. The Labute approximate surface area is 228 Å². The van der Waals surface area contributed by atoms with E-state index in [1.807, 2.05) is 36.4 Å². The topological polar surface area (TPSA) is 198 Å². The van der Waals surface area contributed by atoms with Gasteiger partial charge in [-0.15, -0.1) is 0 Å². The second-order valence-electron chi connectivity index (χ2n) is 8.21. The van der Waals surface area contributed by atoms with E-state index in [2.05, 4.69) is 44.9 Å². The summed E-state index contributed by atoms with van der Waals surface area (Å²) < 4.78 is 0. The zero-order chi connectivity index (χ0) is 29.1. The molecule has 3 aromatic carbocycles. The van der Waals surface area contributed by atoms with E-state index in [1.165, 1.54) is 11.1 Å². The fraction of sp³-hybridized carbons (Fsp3) is 0.143. The van der Waals surface area contributed by atoms with Crippen molar-refractivity contribution in [2.45, 2.75) is 0 Å². The lowest BCUT2D eigenvalue weighted by Gasteiger charge is -2.06. The summed E-state index contributed by atoms with van der Waals surface area (Å²) in [6, 6.07) is 21.4. The molecule has 0 unspecified atom stereocenters. The molecule has 12 heteroatoms. The molecule has 0 saturated heterocycles. The van der Waals surface area contributed by atoms with Gasteiger partial charge in [-0.2, -0.15) is 0 Å². The van der Waals surface area contributed by atoms with Gasteiger partial charge in [-0.25, -0.2) is 19.2 Å². The average molecular weight is 547 g/mol. The summed E-state index contributed by atoms with van der Waals surface area (Å²) >= 11 is 0. The lowest BCUT2D eigenvalue weighted by Crippen LogP contribution is -2.19. The molecule has 2 aliphatic rings. The molecule has 206 valence electrons. The predicted octanol–water partition coefficient (Wildman–Crippen LogP) is 2.55. The smallest absolute Gasteiger partial charge is 0.336 e. The number of hydrogen-bond donors (Lipinski definition) is 6. The molecule has 0 amide bonds. The summed E-state index contributed by atoms with van der Waals surface area (Å²) in [5.41, 5.74) is -0.778. The van der Waals surface area contributed by atoms with Crippen LogP contribution in [0.25, 0.3) is 0 Å². The molecule has 3 aromatic rings. The van der Waals surface area contributed by atoms with Crippen molar-refractivity contribution in [2.75, 3.05) is 26.2 Å². The Morgan fingerprint density at radius 1 is 0.525 bits per heavy atom. The van der Waals surface area contributed by atoms with E-state index in [0.29, 0.717) is 12.1 Å². The van der Waals surface area contributed by atoms with E-state index in [1.54, 1.807) is 0 Å². The van der Waals surface area contributed by atoms with E-state index < -0.39 is 46.1 Å². The third-order valence-electron chi connectivity index (χ3n) is 5.52. The van der Waals surface area contributed by atoms with E-state index in [0.717, 1.165) is 37.9 Å². The largest absolute Gasteiger partial charge is 0.478 e. The van der Waals surface area contributed by atoms with Crippen molar-refractivity contribution in [2.24, 2.45) is 9.98 Å². The van der Waals surface area contributed by atoms with Crippen LogP contribution in [0.2, 0.25) is 0 Å². The van der Waals surface area contributed by atoms with Crippen LogP contribution in [-0.4, -0.2) is 82.2 Å². The third kappa shape index (κ3) is 7.74. The van der Waals surface area contributed by atoms with Crippen LogP contribution >= 0.6 is 0 Å². The number of carboxylic acid groups (broad SMARTS) is 4. The zero-order valence-corrected chi connectivity index (χ0v) is 21.1. The Morgan fingerprint density at radius 3 is 1.05 bits per heavy atom. The zero-order valence-electron chi connectivity index (χ0n) is 21.1. The number of amidine groups is 2. The molecule has 0 atom stereocenters. The highest BCUT2D eigenvalue weighted by Crippen LogP contribution is 2.18.